The van der Waals surface area contributed by atoms with E-state index >= 15 is 0 Å². The summed E-state index contributed by atoms with van der Waals surface area (Å²) >= 11 is 0. The monoisotopic (exact) mass is 186 g/mol. The lowest BCUT2D eigenvalue weighted by Crippen LogP contribution is -1.99. The minimum atomic E-state index is -4.60. The van der Waals surface area contributed by atoms with Crippen molar-refractivity contribution in [3.05, 3.63) is 30.3 Å². The van der Waals surface area contributed by atoms with Crippen molar-refractivity contribution in [1.29, 1.82) is 0 Å². The second-order valence-electron chi connectivity index (χ2n) is 2.13. The molecule has 0 N–H and O–H groups in total. The first-order valence-electron chi connectivity index (χ1n) is 3.37. The van der Waals surface area contributed by atoms with Crippen LogP contribution < -0.4 is 0 Å². The van der Waals surface area contributed by atoms with E-state index in [0.29, 0.717) is 5.69 Å². The van der Waals surface area contributed by atoms with E-state index < -0.39 is 6.30 Å². The van der Waals surface area contributed by atoms with Crippen LogP contribution in [0.3, 0.4) is 0 Å². The number of aliphatic imine (C=N–C) groups is 2. The van der Waals surface area contributed by atoms with E-state index in [1.807, 2.05) is 0 Å². The van der Waals surface area contributed by atoms with Crippen LogP contribution in [0.2, 0.25) is 0 Å². The van der Waals surface area contributed by atoms with Gasteiger partial charge in [0, 0.05) is 0 Å². The third kappa shape index (κ3) is 4.08. The van der Waals surface area contributed by atoms with Crippen LogP contribution in [0.4, 0.5) is 18.9 Å². The highest BCUT2D eigenvalue weighted by atomic mass is 19.4. The Labute approximate surface area is 72.4 Å². The molecule has 0 atom stereocenters. The Balaban J connectivity index is 2.75. The Morgan fingerprint density at radius 1 is 1.08 bits per heavy atom. The number of benzene rings is 1. The maximum Gasteiger partial charge on any atom is 0.512 e. The normalized spacial score (nSPS) is 10.4. The number of alkyl halides is 3. The highest BCUT2D eigenvalue weighted by Crippen LogP contribution is 2.15. The van der Waals surface area contributed by atoms with E-state index in [9.17, 15) is 13.2 Å². The minimum Gasteiger partial charge on any atom is -0.188 e. The average molecular weight is 186 g/mol. The summed E-state index contributed by atoms with van der Waals surface area (Å²) in [6.07, 6.45) is -4.60. The van der Waals surface area contributed by atoms with Gasteiger partial charge in [-0.1, -0.05) is 18.2 Å². The quantitative estimate of drug-likeness (QED) is 0.475. The van der Waals surface area contributed by atoms with Crippen molar-refractivity contribution in [3.8, 4) is 0 Å². The van der Waals surface area contributed by atoms with Gasteiger partial charge < -0.3 is 0 Å². The number of para-hydroxylation sites is 1. The molecule has 0 aliphatic heterocycles. The topological polar surface area (TPSA) is 24.7 Å². The first kappa shape index (κ1) is 9.48. The Morgan fingerprint density at radius 3 is 2.23 bits per heavy atom. The molecule has 0 heterocycles. The highest BCUT2D eigenvalue weighted by Gasteiger charge is 2.25. The van der Waals surface area contributed by atoms with Crippen LogP contribution in [-0.2, 0) is 0 Å². The molecule has 0 bridgehead atoms. The fraction of sp³-hybridized carbons (Fsp3) is 0.125. The number of rotatable bonds is 1. The van der Waals surface area contributed by atoms with Crippen molar-refractivity contribution in [2.45, 2.75) is 6.30 Å². The maximum atomic E-state index is 11.5. The van der Waals surface area contributed by atoms with Crippen LogP contribution in [0.1, 0.15) is 0 Å². The summed E-state index contributed by atoms with van der Waals surface area (Å²) in [5.74, 6) is 0. The van der Waals surface area contributed by atoms with Gasteiger partial charge in [-0.15, -0.1) is 18.2 Å². The number of halogens is 3. The zero-order valence-electron chi connectivity index (χ0n) is 6.42. The molecule has 1 aromatic carbocycles. The van der Waals surface area contributed by atoms with Crippen LogP contribution >= 0.6 is 0 Å². The van der Waals surface area contributed by atoms with Crippen molar-refractivity contribution in [3.63, 3.8) is 0 Å². The third-order valence-electron chi connectivity index (χ3n) is 1.11. The van der Waals surface area contributed by atoms with Crippen LogP contribution in [0.5, 0.6) is 0 Å². The van der Waals surface area contributed by atoms with Gasteiger partial charge in [0.2, 0.25) is 0 Å². The zero-order valence-corrected chi connectivity index (χ0v) is 6.42. The number of nitrogens with zero attached hydrogens (tertiary/aromatic N) is 2. The maximum absolute atomic E-state index is 11.5. The number of hydrogen-bond acceptors (Lipinski definition) is 2. The average Bonchev–Trinajstić information content (AvgIpc) is 2.04. The van der Waals surface area contributed by atoms with E-state index in [0.717, 1.165) is 0 Å². The summed E-state index contributed by atoms with van der Waals surface area (Å²) in [4.78, 5) is 5.49. The Bertz CT molecular complexity index is 323. The van der Waals surface area contributed by atoms with Crippen molar-refractivity contribution < 1.29 is 13.2 Å². The molecule has 2 nitrogen and oxygen atoms in total. The van der Waals surface area contributed by atoms with Crippen molar-refractivity contribution in [1.82, 2.24) is 0 Å². The highest BCUT2D eigenvalue weighted by molar-refractivity contribution is 5.52. The van der Waals surface area contributed by atoms with Crippen molar-refractivity contribution in [2.75, 3.05) is 0 Å². The van der Waals surface area contributed by atoms with Gasteiger partial charge in [0.25, 0.3) is 0 Å². The van der Waals surface area contributed by atoms with Crippen LogP contribution in [0.15, 0.2) is 40.3 Å². The summed E-state index contributed by atoms with van der Waals surface area (Å²) < 4.78 is 34.4. The lowest BCUT2D eigenvalue weighted by Gasteiger charge is -1.91. The molecule has 5 heteroatoms. The molecule has 0 spiro atoms. The first-order chi connectivity index (χ1) is 6.08. The summed E-state index contributed by atoms with van der Waals surface area (Å²) in [5.41, 5.74) is 0.385. The summed E-state index contributed by atoms with van der Waals surface area (Å²) in [7, 11) is 0. The fourth-order valence-electron chi connectivity index (χ4n) is 0.642. The van der Waals surface area contributed by atoms with E-state index in [1.165, 1.54) is 0 Å². The second-order valence-corrected chi connectivity index (χ2v) is 2.13. The van der Waals surface area contributed by atoms with Gasteiger partial charge >= 0.3 is 6.30 Å². The standard InChI is InChI=1S/C8H5F3N2/c9-8(10,11)13-6-12-7-4-2-1-3-5-7/h1-5H. The lowest BCUT2D eigenvalue weighted by atomic mass is 10.3. The molecule has 0 saturated carbocycles. The molecule has 1 rings (SSSR count). The minimum absolute atomic E-state index is 0.385. The third-order valence-corrected chi connectivity index (χ3v) is 1.11. The smallest absolute Gasteiger partial charge is 0.188 e. The predicted molar refractivity (Wildman–Crippen MR) is 42.0 cm³/mol. The van der Waals surface area contributed by atoms with Gasteiger partial charge in [-0.2, -0.15) is 4.99 Å². The molecule has 0 fully saturated rings. The van der Waals surface area contributed by atoms with E-state index in [4.69, 9.17) is 0 Å². The van der Waals surface area contributed by atoms with E-state index in [-0.39, 0.29) is 0 Å². The van der Waals surface area contributed by atoms with Crippen LogP contribution in [0.25, 0.3) is 0 Å². The molecule has 0 amide bonds. The summed E-state index contributed by atoms with van der Waals surface area (Å²) in [6.45, 7) is 0. The first-order valence-corrected chi connectivity index (χ1v) is 3.37. The van der Waals surface area contributed by atoms with E-state index in [1.54, 1.807) is 36.3 Å². The predicted octanol–water partition coefficient (Wildman–Crippen LogP) is 3.01. The van der Waals surface area contributed by atoms with Gasteiger partial charge in [-0.25, -0.2) is 0 Å². The molecule has 0 aliphatic carbocycles. The summed E-state index contributed by atoms with van der Waals surface area (Å²) in [5, 5.41) is 0. The molecule has 0 radical (unpaired) electrons. The van der Waals surface area contributed by atoms with Gasteiger partial charge in [-0.05, 0) is 12.1 Å². The molecule has 0 unspecified atom stereocenters. The molecule has 13 heavy (non-hydrogen) atoms. The molecular weight excluding hydrogens is 181 g/mol. The van der Waals surface area contributed by atoms with E-state index in [2.05, 4.69) is 9.98 Å². The second kappa shape index (κ2) is 3.87. The van der Waals surface area contributed by atoms with Crippen molar-refractivity contribution >= 4 is 11.7 Å². The van der Waals surface area contributed by atoms with Gasteiger partial charge in [0.1, 0.15) is 6.01 Å². The SMILES string of the molecule is FC(F)(F)N=C=Nc1ccccc1. The molecule has 68 valence electrons. The number of hydrogen-bond donors (Lipinski definition) is 0. The summed E-state index contributed by atoms with van der Waals surface area (Å²) in [6, 6.07) is 9.73. The molecular formula is C8H5F3N2. The Hall–Kier alpha value is -1.61. The zero-order chi connectivity index (χ0) is 9.73. The fourth-order valence-corrected chi connectivity index (χ4v) is 0.642. The Kier molecular flexibility index (Phi) is 2.82. The molecule has 0 aromatic heterocycles. The van der Waals surface area contributed by atoms with Crippen LogP contribution in [-0.4, -0.2) is 12.3 Å². The Morgan fingerprint density at radius 2 is 1.69 bits per heavy atom. The van der Waals surface area contributed by atoms with Gasteiger partial charge in [0.05, 0.1) is 5.69 Å². The molecule has 1 aromatic rings. The van der Waals surface area contributed by atoms with Crippen LogP contribution in [0, 0.1) is 0 Å². The molecule has 0 aliphatic rings. The van der Waals surface area contributed by atoms with Gasteiger partial charge in [0.15, 0.2) is 0 Å². The lowest BCUT2D eigenvalue weighted by molar-refractivity contribution is -0.118. The largest absolute Gasteiger partial charge is 0.512 e. The van der Waals surface area contributed by atoms with Gasteiger partial charge in [-0.3, -0.25) is 0 Å². The molecule has 0 saturated heterocycles. The van der Waals surface area contributed by atoms with Crippen molar-refractivity contribution in [2.24, 2.45) is 9.98 Å².